The Morgan fingerprint density at radius 3 is 2.64 bits per heavy atom. The van der Waals surface area contributed by atoms with Crippen LogP contribution in [-0.2, 0) is 9.59 Å². The van der Waals surface area contributed by atoms with Crippen molar-refractivity contribution in [1.82, 2.24) is 10.6 Å². The van der Waals surface area contributed by atoms with Gasteiger partial charge in [0.05, 0.1) is 17.8 Å². The molecule has 1 aliphatic heterocycles. The molecule has 1 heterocycles. The van der Waals surface area contributed by atoms with Gasteiger partial charge in [-0.2, -0.15) is 0 Å². The Morgan fingerprint density at radius 2 is 2.00 bits per heavy atom. The zero-order valence-corrected chi connectivity index (χ0v) is 12.9. The van der Waals surface area contributed by atoms with E-state index < -0.39 is 0 Å². The molecule has 0 aromatic heterocycles. The number of anilines is 1. The predicted molar refractivity (Wildman–Crippen MR) is 83.6 cm³/mol. The van der Waals surface area contributed by atoms with Gasteiger partial charge in [0.2, 0.25) is 11.8 Å². The van der Waals surface area contributed by atoms with E-state index in [1.807, 2.05) is 13.8 Å². The van der Waals surface area contributed by atoms with E-state index in [0.717, 1.165) is 6.42 Å². The average molecular weight is 303 g/mol. The highest BCUT2D eigenvalue weighted by Gasteiger charge is 2.25. The van der Waals surface area contributed by atoms with Crippen molar-refractivity contribution in [1.29, 1.82) is 0 Å². The van der Waals surface area contributed by atoms with E-state index in [-0.39, 0.29) is 30.3 Å². The summed E-state index contributed by atoms with van der Waals surface area (Å²) in [5, 5.41) is 5.30. The third-order valence-electron chi connectivity index (χ3n) is 3.37. The summed E-state index contributed by atoms with van der Waals surface area (Å²) in [5.74, 6) is -0.565. The molecule has 0 unspecified atom stereocenters. The maximum atomic E-state index is 12.3. The van der Waals surface area contributed by atoms with Crippen LogP contribution in [-0.4, -0.2) is 36.9 Å². The van der Waals surface area contributed by atoms with Crippen molar-refractivity contribution in [2.45, 2.75) is 32.7 Å². The van der Waals surface area contributed by atoms with Crippen LogP contribution in [0.2, 0.25) is 0 Å². The van der Waals surface area contributed by atoms with Gasteiger partial charge in [0, 0.05) is 19.0 Å². The Hall–Kier alpha value is -2.37. The number of benzene rings is 1. The van der Waals surface area contributed by atoms with E-state index in [1.165, 1.54) is 0 Å². The molecule has 6 heteroatoms. The minimum absolute atomic E-state index is 0.0257. The number of hydrogen-bond acceptors (Lipinski definition) is 3. The molecule has 22 heavy (non-hydrogen) atoms. The molecular formula is C16H21N3O3. The Bertz CT molecular complexity index is 584. The van der Waals surface area contributed by atoms with Gasteiger partial charge in [-0.3, -0.25) is 14.4 Å². The van der Waals surface area contributed by atoms with E-state index in [0.29, 0.717) is 24.2 Å². The number of carbonyl (C=O) groups is 3. The highest BCUT2D eigenvalue weighted by Crippen LogP contribution is 2.25. The summed E-state index contributed by atoms with van der Waals surface area (Å²) < 4.78 is 0. The number of nitrogens with one attached hydrogen (secondary N) is 2. The summed E-state index contributed by atoms with van der Waals surface area (Å²) in [6.45, 7) is 4.25. The normalized spacial score (nSPS) is 14.3. The van der Waals surface area contributed by atoms with Crippen molar-refractivity contribution in [3.05, 3.63) is 29.8 Å². The molecule has 0 radical (unpaired) electrons. The molecule has 118 valence electrons. The standard InChI is InChI=1S/C16H21N3O3/c1-11(2)18-14(20)10-17-16(22)12-6-3-4-7-13(12)19-9-5-8-15(19)21/h3-4,6-7,11H,5,8-10H2,1-2H3,(H,17,22)(H,18,20). The van der Waals surface area contributed by atoms with E-state index in [9.17, 15) is 14.4 Å². The van der Waals surface area contributed by atoms with E-state index in [2.05, 4.69) is 10.6 Å². The van der Waals surface area contributed by atoms with Crippen molar-refractivity contribution in [2.75, 3.05) is 18.0 Å². The largest absolute Gasteiger partial charge is 0.352 e. The summed E-state index contributed by atoms with van der Waals surface area (Å²) in [6.07, 6.45) is 1.30. The summed E-state index contributed by atoms with van der Waals surface area (Å²) in [5.41, 5.74) is 1.02. The van der Waals surface area contributed by atoms with Gasteiger partial charge in [-0.05, 0) is 32.4 Å². The van der Waals surface area contributed by atoms with Crippen molar-refractivity contribution >= 4 is 23.4 Å². The molecule has 1 saturated heterocycles. The number of carbonyl (C=O) groups excluding carboxylic acids is 3. The second-order valence-corrected chi connectivity index (χ2v) is 5.57. The van der Waals surface area contributed by atoms with Gasteiger partial charge in [-0.25, -0.2) is 0 Å². The van der Waals surface area contributed by atoms with Gasteiger partial charge < -0.3 is 15.5 Å². The van der Waals surface area contributed by atoms with E-state index in [4.69, 9.17) is 0 Å². The predicted octanol–water partition coefficient (Wildman–Crippen LogP) is 1.07. The Morgan fingerprint density at radius 1 is 1.27 bits per heavy atom. The summed E-state index contributed by atoms with van der Waals surface area (Å²) in [4.78, 5) is 37.4. The van der Waals surface area contributed by atoms with Crippen molar-refractivity contribution in [3.63, 3.8) is 0 Å². The second-order valence-electron chi connectivity index (χ2n) is 5.57. The van der Waals surface area contributed by atoms with Crippen molar-refractivity contribution in [3.8, 4) is 0 Å². The molecular weight excluding hydrogens is 282 g/mol. The number of rotatable bonds is 5. The SMILES string of the molecule is CC(C)NC(=O)CNC(=O)c1ccccc1N1CCCC1=O. The lowest BCUT2D eigenvalue weighted by Crippen LogP contribution is -2.40. The highest BCUT2D eigenvalue weighted by molar-refractivity contribution is 6.06. The zero-order valence-electron chi connectivity index (χ0n) is 12.9. The zero-order chi connectivity index (χ0) is 16.1. The molecule has 1 aromatic carbocycles. The van der Waals surface area contributed by atoms with Crippen LogP contribution in [0.25, 0.3) is 0 Å². The third-order valence-corrected chi connectivity index (χ3v) is 3.37. The van der Waals surface area contributed by atoms with Gasteiger partial charge in [0.25, 0.3) is 5.91 Å². The topological polar surface area (TPSA) is 78.5 Å². The molecule has 2 rings (SSSR count). The molecule has 0 atom stereocenters. The molecule has 0 bridgehead atoms. The van der Waals surface area contributed by atoms with Crippen LogP contribution in [0.4, 0.5) is 5.69 Å². The number of nitrogens with zero attached hydrogens (tertiary/aromatic N) is 1. The molecule has 0 saturated carbocycles. The Kier molecular flexibility index (Phi) is 5.14. The lowest BCUT2D eigenvalue weighted by Gasteiger charge is -2.19. The lowest BCUT2D eigenvalue weighted by atomic mass is 10.1. The van der Waals surface area contributed by atoms with Crippen molar-refractivity contribution < 1.29 is 14.4 Å². The van der Waals surface area contributed by atoms with Crippen molar-refractivity contribution in [2.24, 2.45) is 0 Å². The monoisotopic (exact) mass is 303 g/mol. The fourth-order valence-electron chi connectivity index (χ4n) is 2.43. The van der Waals surface area contributed by atoms with E-state index >= 15 is 0 Å². The first kappa shape index (κ1) is 16.0. The molecule has 6 nitrogen and oxygen atoms in total. The van der Waals surface area contributed by atoms with Crippen LogP contribution in [0.15, 0.2) is 24.3 Å². The number of para-hydroxylation sites is 1. The molecule has 2 N–H and O–H groups in total. The molecule has 1 fully saturated rings. The molecule has 1 aromatic rings. The maximum absolute atomic E-state index is 12.3. The van der Waals surface area contributed by atoms with Gasteiger partial charge in [-0.1, -0.05) is 12.1 Å². The molecule has 0 spiro atoms. The molecule has 0 aliphatic carbocycles. The summed E-state index contributed by atoms with van der Waals surface area (Å²) in [6, 6.07) is 6.98. The first-order chi connectivity index (χ1) is 10.5. The third kappa shape index (κ3) is 3.84. The lowest BCUT2D eigenvalue weighted by molar-refractivity contribution is -0.120. The quantitative estimate of drug-likeness (QED) is 0.854. The van der Waals surface area contributed by atoms with Crippen LogP contribution in [0.3, 0.4) is 0 Å². The minimum Gasteiger partial charge on any atom is -0.352 e. The number of amides is 3. The van der Waals surface area contributed by atoms with Crippen LogP contribution in [0.1, 0.15) is 37.0 Å². The highest BCUT2D eigenvalue weighted by atomic mass is 16.2. The smallest absolute Gasteiger partial charge is 0.253 e. The fraction of sp³-hybridized carbons (Fsp3) is 0.438. The Labute approximate surface area is 129 Å². The summed E-state index contributed by atoms with van der Waals surface area (Å²) in [7, 11) is 0. The van der Waals surface area contributed by atoms with Crippen LogP contribution in [0, 0.1) is 0 Å². The van der Waals surface area contributed by atoms with Gasteiger partial charge in [-0.15, -0.1) is 0 Å². The first-order valence-electron chi connectivity index (χ1n) is 7.46. The average Bonchev–Trinajstić information content (AvgIpc) is 2.90. The number of hydrogen-bond donors (Lipinski definition) is 2. The minimum atomic E-state index is -0.353. The van der Waals surface area contributed by atoms with Crippen LogP contribution >= 0.6 is 0 Å². The van der Waals surface area contributed by atoms with Crippen LogP contribution < -0.4 is 15.5 Å². The van der Waals surface area contributed by atoms with Crippen LogP contribution in [0.5, 0.6) is 0 Å². The van der Waals surface area contributed by atoms with E-state index in [1.54, 1.807) is 29.2 Å². The Balaban J connectivity index is 2.07. The van der Waals surface area contributed by atoms with Gasteiger partial charge >= 0.3 is 0 Å². The molecule has 1 aliphatic rings. The second kappa shape index (κ2) is 7.06. The molecule has 3 amide bonds. The maximum Gasteiger partial charge on any atom is 0.253 e. The van der Waals surface area contributed by atoms with Gasteiger partial charge in [0.1, 0.15) is 0 Å². The summed E-state index contributed by atoms with van der Waals surface area (Å²) >= 11 is 0. The van der Waals surface area contributed by atoms with Gasteiger partial charge in [0.15, 0.2) is 0 Å². The fourth-order valence-corrected chi connectivity index (χ4v) is 2.43. The first-order valence-corrected chi connectivity index (χ1v) is 7.46.